The lowest BCUT2D eigenvalue weighted by atomic mass is 9.68. The number of carbonyl (C=O) groups is 1. The Morgan fingerprint density at radius 3 is 2.53 bits per heavy atom. The molecule has 3 aromatic rings. The molecule has 2 aliphatic rings. The number of anilines is 1. The lowest BCUT2D eigenvalue weighted by molar-refractivity contribution is 0.0766. The Bertz CT molecular complexity index is 1220. The number of rotatable bonds is 3. The first-order valence-electron chi connectivity index (χ1n) is 11.7. The standard InChI is InChI=1S/C26H31FN4O3/c1-29-12-10-26(11-13-29)16-31(25(33)28-18-6-4-17(27)5-7-18)22(15-32)24-23(26)20-9-8-19(34-3)14-21(20)30(24)2/h4-9,14,22,32H,10-13,15-16H2,1-3H3,(H,28,33)/t22-/m0/s1. The van der Waals surface area contributed by atoms with Gasteiger partial charge in [-0.15, -0.1) is 0 Å². The fourth-order valence-corrected chi connectivity index (χ4v) is 5.75. The number of hydrogen-bond donors (Lipinski definition) is 2. The molecule has 5 rings (SSSR count). The molecule has 0 aliphatic carbocycles. The number of nitrogens with zero attached hydrogens (tertiary/aromatic N) is 3. The minimum absolute atomic E-state index is 0.193. The summed E-state index contributed by atoms with van der Waals surface area (Å²) in [5.41, 5.74) is 3.54. The summed E-state index contributed by atoms with van der Waals surface area (Å²) < 4.78 is 20.9. The molecule has 0 bridgehead atoms. The normalized spacial score (nSPS) is 19.9. The molecule has 0 saturated carbocycles. The molecule has 1 aromatic heterocycles. The van der Waals surface area contributed by atoms with Crippen LogP contribution >= 0.6 is 0 Å². The van der Waals surface area contributed by atoms with Crippen LogP contribution in [0, 0.1) is 5.82 Å². The SMILES string of the molecule is COc1ccc2c3c(n(C)c2c1)[C@H](CO)N(C(=O)Nc1ccc(F)cc1)CC31CCN(C)CC1. The number of amides is 2. The maximum absolute atomic E-state index is 13.5. The van der Waals surface area contributed by atoms with Gasteiger partial charge in [-0.1, -0.05) is 0 Å². The smallest absolute Gasteiger partial charge is 0.322 e. The number of methoxy groups -OCH3 is 1. The highest BCUT2D eigenvalue weighted by molar-refractivity contribution is 5.92. The number of hydrogen-bond acceptors (Lipinski definition) is 4. The van der Waals surface area contributed by atoms with E-state index in [9.17, 15) is 14.3 Å². The van der Waals surface area contributed by atoms with Gasteiger partial charge in [-0.3, -0.25) is 0 Å². The lowest BCUT2D eigenvalue weighted by Gasteiger charge is -2.50. The summed E-state index contributed by atoms with van der Waals surface area (Å²) in [6.45, 7) is 2.19. The highest BCUT2D eigenvalue weighted by Gasteiger charge is 2.49. The van der Waals surface area contributed by atoms with Gasteiger partial charge in [0.15, 0.2) is 0 Å². The quantitative estimate of drug-likeness (QED) is 0.615. The first kappa shape index (κ1) is 22.7. The second-order valence-corrected chi connectivity index (χ2v) is 9.55. The van der Waals surface area contributed by atoms with Crippen molar-refractivity contribution in [2.45, 2.75) is 24.3 Å². The highest BCUT2D eigenvalue weighted by Crippen LogP contribution is 2.50. The van der Waals surface area contributed by atoms with Crippen LogP contribution in [-0.4, -0.2) is 65.9 Å². The average Bonchev–Trinajstić information content (AvgIpc) is 3.15. The van der Waals surface area contributed by atoms with Crippen LogP contribution in [0.2, 0.25) is 0 Å². The summed E-state index contributed by atoms with van der Waals surface area (Å²) in [6.07, 6.45) is 1.83. The van der Waals surface area contributed by atoms with Crippen LogP contribution < -0.4 is 10.1 Å². The maximum atomic E-state index is 13.5. The first-order chi connectivity index (χ1) is 16.4. The number of halogens is 1. The van der Waals surface area contributed by atoms with Gasteiger partial charge < -0.3 is 29.5 Å². The number of benzene rings is 2. The number of aromatic nitrogens is 1. The third kappa shape index (κ3) is 3.61. The number of nitrogens with one attached hydrogen (secondary N) is 1. The van der Waals surface area contributed by atoms with Gasteiger partial charge in [-0.05, 0) is 74.9 Å². The fraction of sp³-hybridized carbons (Fsp3) is 0.423. The number of aliphatic hydroxyl groups excluding tert-OH is 1. The molecule has 3 heterocycles. The predicted octanol–water partition coefficient (Wildman–Crippen LogP) is 3.87. The van der Waals surface area contributed by atoms with Crippen LogP contribution in [0.15, 0.2) is 42.5 Å². The summed E-state index contributed by atoms with van der Waals surface area (Å²) in [7, 11) is 5.77. The van der Waals surface area contributed by atoms with Crippen molar-refractivity contribution in [2.24, 2.45) is 7.05 Å². The van der Waals surface area contributed by atoms with Crippen molar-refractivity contribution in [1.29, 1.82) is 0 Å². The van der Waals surface area contributed by atoms with Crippen LogP contribution in [0.25, 0.3) is 10.9 Å². The van der Waals surface area contributed by atoms with Crippen LogP contribution in [-0.2, 0) is 12.5 Å². The average molecular weight is 467 g/mol. The molecule has 180 valence electrons. The Morgan fingerprint density at radius 1 is 1.18 bits per heavy atom. The van der Waals surface area contributed by atoms with Gasteiger partial charge in [0.2, 0.25) is 0 Å². The molecular weight excluding hydrogens is 435 g/mol. The van der Waals surface area contributed by atoms with Gasteiger partial charge in [0, 0.05) is 41.8 Å². The number of aryl methyl sites for hydroxylation is 1. The number of carbonyl (C=O) groups excluding carboxylic acids is 1. The molecule has 1 spiro atoms. The summed E-state index contributed by atoms with van der Waals surface area (Å²) in [5.74, 6) is 0.416. The van der Waals surface area contributed by atoms with E-state index in [0.717, 1.165) is 48.3 Å². The topological polar surface area (TPSA) is 70.0 Å². The molecule has 8 heteroatoms. The van der Waals surface area contributed by atoms with Crippen LogP contribution in [0.1, 0.15) is 30.1 Å². The van der Waals surface area contributed by atoms with E-state index in [0.29, 0.717) is 12.2 Å². The number of fused-ring (bicyclic) bond motifs is 4. The summed E-state index contributed by atoms with van der Waals surface area (Å²) in [4.78, 5) is 17.6. The second-order valence-electron chi connectivity index (χ2n) is 9.55. The summed E-state index contributed by atoms with van der Waals surface area (Å²) in [6, 6.07) is 11.1. The van der Waals surface area contributed by atoms with Crippen molar-refractivity contribution in [3.63, 3.8) is 0 Å². The monoisotopic (exact) mass is 466 g/mol. The van der Waals surface area contributed by atoms with Gasteiger partial charge in [0.05, 0.1) is 25.3 Å². The number of piperidine rings is 1. The van der Waals surface area contributed by atoms with E-state index in [-0.39, 0.29) is 23.9 Å². The molecule has 34 heavy (non-hydrogen) atoms. The largest absolute Gasteiger partial charge is 0.497 e. The van der Waals surface area contributed by atoms with Gasteiger partial charge in [-0.2, -0.15) is 0 Å². The molecule has 2 aromatic carbocycles. The Balaban J connectivity index is 1.63. The Kier molecular flexibility index (Phi) is 5.73. The first-order valence-corrected chi connectivity index (χ1v) is 11.7. The van der Waals surface area contributed by atoms with Gasteiger partial charge >= 0.3 is 6.03 Å². The molecule has 1 atom stereocenters. The van der Waals surface area contributed by atoms with Crippen LogP contribution in [0.3, 0.4) is 0 Å². The molecule has 1 fully saturated rings. The van der Waals surface area contributed by atoms with E-state index in [1.165, 1.54) is 17.7 Å². The number of ether oxygens (including phenoxy) is 1. The predicted molar refractivity (Wildman–Crippen MR) is 130 cm³/mol. The van der Waals surface area contributed by atoms with Crippen molar-refractivity contribution >= 4 is 22.6 Å². The van der Waals surface area contributed by atoms with E-state index < -0.39 is 6.04 Å². The highest BCUT2D eigenvalue weighted by atomic mass is 19.1. The molecule has 2 N–H and O–H groups in total. The number of urea groups is 1. The molecule has 1 saturated heterocycles. The molecular formula is C26H31FN4O3. The molecule has 2 amide bonds. The fourth-order valence-electron chi connectivity index (χ4n) is 5.75. The Hall–Kier alpha value is -3.10. The minimum atomic E-state index is -0.496. The summed E-state index contributed by atoms with van der Waals surface area (Å²) >= 11 is 0. The molecule has 7 nitrogen and oxygen atoms in total. The van der Waals surface area contributed by atoms with E-state index in [1.807, 2.05) is 19.2 Å². The van der Waals surface area contributed by atoms with Crippen LogP contribution in [0.4, 0.5) is 14.9 Å². The van der Waals surface area contributed by atoms with Gasteiger partial charge in [0.1, 0.15) is 11.6 Å². The van der Waals surface area contributed by atoms with Crippen molar-refractivity contribution in [3.8, 4) is 5.75 Å². The Labute approximate surface area is 198 Å². The van der Waals surface area contributed by atoms with Gasteiger partial charge in [0.25, 0.3) is 0 Å². The van der Waals surface area contributed by atoms with Gasteiger partial charge in [-0.25, -0.2) is 9.18 Å². The second kappa shape index (κ2) is 8.60. The molecule has 2 aliphatic heterocycles. The van der Waals surface area contributed by atoms with Crippen LogP contribution in [0.5, 0.6) is 5.75 Å². The third-order valence-corrected chi connectivity index (χ3v) is 7.62. The minimum Gasteiger partial charge on any atom is -0.497 e. The van der Waals surface area contributed by atoms with Crippen molar-refractivity contribution in [2.75, 3.05) is 45.7 Å². The van der Waals surface area contributed by atoms with E-state index in [4.69, 9.17) is 4.74 Å². The number of likely N-dealkylation sites (tertiary alicyclic amines) is 1. The van der Waals surface area contributed by atoms with E-state index in [1.54, 1.807) is 24.1 Å². The van der Waals surface area contributed by atoms with E-state index >= 15 is 0 Å². The van der Waals surface area contributed by atoms with Crippen molar-refractivity contribution in [1.82, 2.24) is 14.4 Å². The zero-order valence-electron chi connectivity index (χ0n) is 19.8. The number of aliphatic hydroxyl groups is 1. The van der Waals surface area contributed by atoms with Crippen molar-refractivity contribution in [3.05, 3.63) is 59.5 Å². The third-order valence-electron chi connectivity index (χ3n) is 7.62. The molecule has 0 radical (unpaired) electrons. The summed E-state index contributed by atoms with van der Waals surface area (Å²) in [5, 5.41) is 14.6. The zero-order chi connectivity index (χ0) is 24.0. The van der Waals surface area contributed by atoms with Crippen molar-refractivity contribution < 1.29 is 19.0 Å². The van der Waals surface area contributed by atoms with E-state index in [2.05, 4.69) is 27.9 Å². The maximum Gasteiger partial charge on any atom is 0.322 e. The lowest BCUT2D eigenvalue weighted by Crippen LogP contribution is -2.56. The molecule has 0 unspecified atom stereocenters. The Morgan fingerprint density at radius 2 is 1.88 bits per heavy atom. The zero-order valence-corrected chi connectivity index (χ0v) is 19.8.